The first kappa shape index (κ1) is 28.6. The van der Waals surface area contributed by atoms with Gasteiger partial charge in [0.05, 0.1) is 19.8 Å². The number of ether oxygens (including phenoxy) is 2. The maximum atomic E-state index is 13.5. The van der Waals surface area contributed by atoms with Crippen LogP contribution in [0.4, 0.5) is 0 Å². The van der Waals surface area contributed by atoms with Gasteiger partial charge in [0.2, 0.25) is 0 Å². The zero-order valence-electron chi connectivity index (χ0n) is 25.3. The number of carbonyl (C=O) groups excluding carboxylic acids is 1. The molecule has 1 atom stereocenters. The second kappa shape index (κ2) is 11.5. The van der Waals surface area contributed by atoms with E-state index in [1.807, 2.05) is 59.8 Å². The van der Waals surface area contributed by atoms with E-state index in [0.29, 0.717) is 31.2 Å². The normalized spacial score (nSPS) is 20.8. The van der Waals surface area contributed by atoms with Crippen LogP contribution < -0.4 is 9.47 Å². The second-order valence-electron chi connectivity index (χ2n) is 10.9. The van der Waals surface area contributed by atoms with Crippen LogP contribution in [-0.2, 0) is 13.0 Å². The molecule has 3 aliphatic heterocycles. The minimum absolute atomic E-state index is 0.00147. The van der Waals surface area contributed by atoms with Gasteiger partial charge in [-0.05, 0) is 61.4 Å². The molecule has 1 amide bonds. The summed E-state index contributed by atoms with van der Waals surface area (Å²) < 4.78 is 13.3. The van der Waals surface area contributed by atoms with Crippen LogP contribution in [-0.4, -0.2) is 69.4 Å². The molecule has 5 heterocycles. The third kappa shape index (κ3) is 4.83. The Hall–Kier alpha value is -3.94. The Kier molecular flexibility index (Phi) is 8.02. The SMILES string of the molecule is C=C1N2Cc3cc(OC)cc(OC)c3C[C@@H](C)/C=C\2C2(CCN(C(=O)c3cn4ccccc4n3)CC2)N1CC.CC. The molecule has 0 N–H and O–H groups in total. The van der Waals surface area contributed by atoms with Gasteiger partial charge in [-0.3, -0.25) is 4.79 Å². The lowest BCUT2D eigenvalue weighted by Crippen LogP contribution is -2.53. The molecule has 1 spiro atoms. The number of benzene rings is 1. The number of fused-ring (bicyclic) bond motifs is 4. The topological polar surface area (TPSA) is 62.6 Å². The lowest BCUT2D eigenvalue weighted by molar-refractivity contribution is 0.0563. The molecule has 8 nitrogen and oxygen atoms in total. The molecule has 8 heteroatoms. The van der Waals surface area contributed by atoms with Crippen LogP contribution in [0.1, 0.15) is 62.2 Å². The molecule has 0 bridgehead atoms. The Morgan fingerprint density at radius 3 is 2.56 bits per heavy atom. The Balaban J connectivity index is 0.00000165. The van der Waals surface area contributed by atoms with E-state index in [2.05, 4.69) is 47.4 Å². The van der Waals surface area contributed by atoms with E-state index in [4.69, 9.17) is 9.47 Å². The van der Waals surface area contributed by atoms with Gasteiger partial charge in [0.15, 0.2) is 0 Å². The number of amides is 1. The molecule has 0 radical (unpaired) electrons. The monoisotopic (exact) mass is 557 g/mol. The predicted octanol–water partition coefficient (Wildman–Crippen LogP) is 5.74. The van der Waals surface area contributed by atoms with Crippen molar-refractivity contribution in [1.29, 1.82) is 0 Å². The quantitative estimate of drug-likeness (QED) is 0.408. The van der Waals surface area contributed by atoms with Gasteiger partial charge < -0.3 is 28.6 Å². The highest BCUT2D eigenvalue weighted by molar-refractivity contribution is 5.93. The highest BCUT2D eigenvalue weighted by Gasteiger charge is 2.52. The summed E-state index contributed by atoms with van der Waals surface area (Å²) in [6.45, 7) is 16.0. The summed E-state index contributed by atoms with van der Waals surface area (Å²) in [7, 11) is 3.42. The zero-order chi connectivity index (χ0) is 29.3. The van der Waals surface area contributed by atoms with Crippen molar-refractivity contribution in [2.24, 2.45) is 5.92 Å². The third-order valence-electron chi connectivity index (χ3n) is 8.71. The Morgan fingerprint density at radius 1 is 1.15 bits per heavy atom. The Labute approximate surface area is 243 Å². The van der Waals surface area contributed by atoms with Crippen LogP contribution in [0.25, 0.3) is 5.65 Å². The average molecular weight is 558 g/mol. The molecule has 41 heavy (non-hydrogen) atoms. The number of methoxy groups -OCH3 is 2. The summed E-state index contributed by atoms with van der Waals surface area (Å²) in [5, 5.41) is 0. The number of hydrogen-bond donors (Lipinski definition) is 0. The van der Waals surface area contributed by atoms with Crippen molar-refractivity contribution in [1.82, 2.24) is 24.1 Å². The van der Waals surface area contributed by atoms with Crippen molar-refractivity contribution in [2.75, 3.05) is 33.9 Å². The summed E-state index contributed by atoms with van der Waals surface area (Å²) in [4.78, 5) is 24.8. The number of aromatic nitrogens is 2. The van der Waals surface area contributed by atoms with E-state index in [1.54, 1.807) is 14.2 Å². The van der Waals surface area contributed by atoms with Crippen molar-refractivity contribution in [3.05, 3.63) is 83.7 Å². The van der Waals surface area contributed by atoms with E-state index >= 15 is 0 Å². The van der Waals surface area contributed by atoms with E-state index < -0.39 is 0 Å². The number of piperidine rings is 1. The fraction of sp³-hybridized carbons (Fsp3) is 0.455. The fourth-order valence-corrected chi connectivity index (χ4v) is 6.80. The van der Waals surface area contributed by atoms with Gasteiger partial charge in [-0.25, -0.2) is 4.98 Å². The van der Waals surface area contributed by atoms with E-state index in [9.17, 15) is 4.79 Å². The fourth-order valence-electron chi connectivity index (χ4n) is 6.80. The van der Waals surface area contributed by atoms with Gasteiger partial charge >= 0.3 is 0 Å². The lowest BCUT2D eigenvalue weighted by Gasteiger charge is -2.45. The van der Waals surface area contributed by atoms with Crippen molar-refractivity contribution >= 4 is 11.6 Å². The second-order valence-corrected chi connectivity index (χ2v) is 10.9. The molecule has 3 aliphatic rings. The maximum absolute atomic E-state index is 13.5. The van der Waals surface area contributed by atoms with Gasteiger partial charge in [-0.15, -0.1) is 0 Å². The number of imidazole rings is 1. The molecule has 2 saturated heterocycles. The molecule has 2 aromatic heterocycles. The number of rotatable bonds is 4. The predicted molar refractivity (Wildman–Crippen MR) is 162 cm³/mol. The molecule has 2 fully saturated rings. The molecular weight excluding hydrogens is 514 g/mol. The number of pyridine rings is 1. The van der Waals surface area contributed by atoms with E-state index in [-0.39, 0.29) is 11.4 Å². The molecule has 218 valence electrons. The van der Waals surface area contributed by atoms with Crippen LogP contribution in [0.5, 0.6) is 11.5 Å². The summed E-state index contributed by atoms with van der Waals surface area (Å²) in [5.41, 5.74) is 4.85. The molecule has 3 aromatic rings. The van der Waals surface area contributed by atoms with E-state index in [1.165, 1.54) is 16.8 Å². The third-order valence-corrected chi connectivity index (χ3v) is 8.71. The molecule has 1 aromatic carbocycles. The summed E-state index contributed by atoms with van der Waals surface area (Å²) in [6.07, 6.45) is 8.79. The van der Waals surface area contributed by atoms with Crippen molar-refractivity contribution < 1.29 is 14.3 Å². The maximum Gasteiger partial charge on any atom is 0.274 e. The summed E-state index contributed by atoms with van der Waals surface area (Å²) in [5.74, 6) is 3.00. The highest BCUT2D eigenvalue weighted by Crippen LogP contribution is 2.49. The number of nitrogens with zero attached hydrogens (tertiary/aromatic N) is 5. The number of likely N-dealkylation sites (N-methyl/N-ethyl adjacent to an activating group) is 1. The first-order valence-electron chi connectivity index (χ1n) is 14.8. The minimum atomic E-state index is -0.184. The summed E-state index contributed by atoms with van der Waals surface area (Å²) in [6, 6.07) is 9.92. The molecule has 0 saturated carbocycles. The van der Waals surface area contributed by atoms with Crippen molar-refractivity contribution in [3.8, 4) is 11.5 Å². The van der Waals surface area contributed by atoms with Crippen LogP contribution in [0.15, 0.2) is 66.9 Å². The Bertz CT molecular complexity index is 1430. The van der Waals surface area contributed by atoms with E-state index in [0.717, 1.165) is 48.8 Å². The zero-order valence-corrected chi connectivity index (χ0v) is 25.3. The Morgan fingerprint density at radius 2 is 1.90 bits per heavy atom. The average Bonchev–Trinajstić information content (AvgIpc) is 3.51. The molecule has 6 rings (SSSR count). The minimum Gasteiger partial charge on any atom is -0.497 e. The van der Waals surface area contributed by atoms with Crippen LogP contribution in [0, 0.1) is 5.92 Å². The van der Waals surface area contributed by atoms with Gasteiger partial charge in [0.25, 0.3) is 5.91 Å². The number of likely N-dealkylation sites (tertiary alicyclic amines) is 1. The molecule has 0 aliphatic carbocycles. The first-order chi connectivity index (χ1) is 19.9. The van der Waals surface area contributed by atoms with Gasteiger partial charge in [0.1, 0.15) is 28.7 Å². The van der Waals surface area contributed by atoms with Gasteiger partial charge in [-0.1, -0.05) is 39.5 Å². The number of carbonyl (C=O) groups is 1. The first-order valence-corrected chi connectivity index (χ1v) is 14.8. The largest absolute Gasteiger partial charge is 0.497 e. The van der Waals surface area contributed by atoms with Crippen molar-refractivity contribution in [2.45, 2.75) is 59.0 Å². The lowest BCUT2D eigenvalue weighted by atomic mass is 9.81. The van der Waals surface area contributed by atoms with Crippen molar-refractivity contribution in [3.63, 3.8) is 0 Å². The summed E-state index contributed by atoms with van der Waals surface area (Å²) >= 11 is 0. The number of hydrogen-bond acceptors (Lipinski definition) is 6. The standard InChI is InChI=1S/C31H37N5O3.C2H6/c1-6-36-22(3)35-19-23-17-24(38-4)18-27(39-5)25(23)15-21(2)16-28(35)31(36)10-13-33(14-11-31)30(37)26-20-34-12-8-7-9-29(34)32-26;1-2/h7-9,12,16-18,20-21H,3,6,10-11,13-15,19H2,1-2,4-5H3;1-2H3/b28-16-;/t21-;/m1./s1. The van der Waals surface area contributed by atoms with Crippen LogP contribution in [0.2, 0.25) is 0 Å². The smallest absolute Gasteiger partial charge is 0.274 e. The van der Waals surface area contributed by atoms with Gasteiger partial charge in [-0.2, -0.15) is 0 Å². The van der Waals surface area contributed by atoms with Crippen LogP contribution in [0.3, 0.4) is 0 Å². The van der Waals surface area contributed by atoms with Gasteiger partial charge in [0, 0.05) is 50.3 Å². The molecular formula is C33H43N5O3. The number of allylic oxidation sites excluding steroid dienone is 1. The highest BCUT2D eigenvalue weighted by atomic mass is 16.5. The molecule has 0 unspecified atom stereocenters. The van der Waals surface area contributed by atoms with Crippen LogP contribution >= 0.6 is 0 Å².